The van der Waals surface area contributed by atoms with Crippen molar-refractivity contribution in [2.45, 2.75) is 45.7 Å². The lowest BCUT2D eigenvalue weighted by Crippen LogP contribution is -2.52. The molecule has 0 fully saturated rings. The number of nitrogens with one attached hydrogen (secondary N) is 1. The van der Waals surface area contributed by atoms with Crippen LogP contribution in [0.15, 0.2) is 0 Å². The van der Waals surface area contributed by atoms with Crippen LogP contribution in [-0.2, 0) is 4.79 Å². The molecule has 0 heterocycles. The Labute approximate surface area is 120 Å². The van der Waals surface area contributed by atoms with Gasteiger partial charge in [0.05, 0.1) is 0 Å². The Kier molecular flexibility index (Phi) is 8.63. The number of carboxylic acids is 1. The molecular formula is C13H26N2O3S. The van der Waals surface area contributed by atoms with Crippen LogP contribution in [0.25, 0.3) is 0 Å². The molecular weight excluding hydrogens is 264 g/mol. The van der Waals surface area contributed by atoms with E-state index in [0.717, 1.165) is 12.2 Å². The summed E-state index contributed by atoms with van der Waals surface area (Å²) in [6.45, 7) is 5.77. The second kappa shape index (κ2) is 9.07. The van der Waals surface area contributed by atoms with E-state index in [-0.39, 0.29) is 18.0 Å². The van der Waals surface area contributed by atoms with Gasteiger partial charge in [0.1, 0.15) is 6.04 Å². The first-order valence-electron chi connectivity index (χ1n) is 6.63. The van der Waals surface area contributed by atoms with Crippen LogP contribution < -0.4 is 5.32 Å². The maximum atomic E-state index is 12.1. The summed E-state index contributed by atoms with van der Waals surface area (Å²) < 4.78 is 0. The highest BCUT2D eigenvalue weighted by Crippen LogP contribution is 2.11. The van der Waals surface area contributed by atoms with Crippen LogP contribution in [0.2, 0.25) is 0 Å². The molecule has 0 aliphatic carbocycles. The van der Waals surface area contributed by atoms with Crippen LogP contribution in [0.4, 0.5) is 4.79 Å². The molecule has 0 bridgehead atoms. The summed E-state index contributed by atoms with van der Waals surface area (Å²) in [7, 11) is 1.72. The number of hydrogen-bond donors (Lipinski definition) is 2. The number of carboxylic acid groups (broad SMARTS) is 1. The van der Waals surface area contributed by atoms with E-state index in [1.807, 2.05) is 27.0 Å². The zero-order valence-electron chi connectivity index (χ0n) is 12.5. The quantitative estimate of drug-likeness (QED) is 0.719. The largest absolute Gasteiger partial charge is 0.480 e. The van der Waals surface area contributed by atoms with Crippen LogP contribution in [0.3, 0.4) is 0 Å². The number of thioether (sulfide) groups is 1. The predicted molar refractivity (Wildman–Crippen MR) is 79.6 cm³/mol. The fraction of sp³-hybridized carbons (Fsp3) is 0.846. The third kappa shape index (κ3) is 5.72. The van der Waals surface area contributed by atoms with Crippen molar-refractivity contribution in [1.82, 2.24) is 10.2 Å². The number of nitrogens with zero attached hydrogens (tertiary/aromatic N) is 1. The first kappa shape index (κ1) is 18.1. The lowest BCUT2D eigenvalue weighted by atomic mass is 9.99. The van der Waals surface area contributed by atoms with Crippen molar-refractivity contribution in [2.24, 2.45) is 5.92 Å². The number of hydrogen-bond acceptors (Lipinski definition) is 3. The number of amides is 2. The molecule has 0 aliphatic rings. The van der Waals surface area contributed by atoms with Crippen molar-refractivity contribution in [1.29, 1.82) is 0 Å². The molecule has 5 nitrogen and oxygen atoms in total. The molecule has 2 N–H and O–H groups in total. The topological polar surface area (TPSA) is 69.6 Å². The van der Waals surface area contributed by atoms with Gasteiger partial charge in [-0.15, -0.1) is 0 Å². The fourth-order valence-corrected chi connectivity index (χ4v) is 2.62. The fourth-order valence-electron chi connectivity index (χ4n) is 1.78. The van der Waals surface area contributed by atoms with E-state index in [2.05, 4.69) is 5.32 Å². The van der Waals surface area contributed by atoms with Crippen molar-refractivity contribution in [2.75, 3.05) is 19.1 Å². The van der Waals surface area contributed by atoms with Crippen LogP contribution in [0, 0.1) is 5.92 Å². The number of carbonyl (C=O) groups excluding carboxylic acids is 1. The molecule has 0 saturated heterocycles. The zero-order valence-corrected chi connectivity index (χ0v) is 13.3. The van der Waals surface area contributed by atoms with E-state index in [1.54, 1.807) is 23.7 Å². The van der Waals surface area contributed by atoms with Crippen molar-refractivity contribution in [3.63, 3.8) is 0 Å². The summed E-state index contributed by atoms with van der Waals surface area (Å²) >= 11 is 1.68. The predicted octanol–water partition coefficient (Wildman–Crippen LogP) is 2.27. The first-order chi connectivity index (χ1) is 8.88. The maximum Gasteiger partial charge on any atom is 0.326 e. The Morgan fingerprint density at radius 3 is 2.26 bits per heavy atom. The number of carbonyl (C=O) groups is 2. The average Bonchev–Trinajstić information content (AvgIpc) is 2.39. The van der Waals surface area contributed by atoms with Crippen molar-refractivity contribution < 1.29 is 14.7 Å². The van der Waals surface area contributed by atoms with E-state index in [1.165, 1.54) is 0 Å². The van der Waals surface area contributed by atoms with Crippen LogP contribution in [-0.4, -0.2) is 53.1 Å². The maximum absolute atomic E-state index is 12.1. The number of urea groups is 1. The molecule has 2 amide bonds. The van der Waals surface area contributed by atoms with Gasteiger partial charge in [0.2, 0.25) is 0 Å². The Morgan fingerprint density at radius 1 is 1.32 bits per heavy atom. The third-order valence-corrected chi connectivity index (χ3v) is 4.17. The Balaban J connectivity index is 4.67. The van der Waals surface area contributed by atoms with Gasteiger partial charge in [0.25, 0.3) is 0 Å². The smallest absolute Gasteiger partial charge is 0.326 e. The molecule has 112 valence electrons. The van der Waals surface area contributed by atoms with E-state index in [9.17, 15) is 9.59 Å². The third-order valence-electron chi connectivity index (χ3n) is 3.46. The van der Waals surface area contributed by atoms with Gasteiger partial charge in [-0.3, -0.25) is 0 Å². The second-order valence-electron chi connectivity index (χ2n) is 4.78. The zero-order chi connectivity index (χ0) is 15.0. The standard InChI is InChI=1S/C13H26N2O3S/c1-6-9(3)11(12(16)17)14-13(18)15(4)10(7-2)8-19-5/h9-11H,6-8H2,1-5H3,(H,14,18)(H,16,17). The normalized spacial score (nSPS) is 15.4. The second-order valence-corrected chi connectivity index (χ2v) is 5.69. The van der Waals surface area contributed by atoms with E-state index >= 15 is 0 Å². The van der Waals surface area contributed by atoms with Gasteiger partial charge in [0.15, 0.2) is 0 Å². The SMILES string of the molecule is CCC(C)C(NC(=O)N(C)C(CC)CSC)C(=O)O. The lowest BCUT2D eigenvalue weighted by molar-refractivity contribution is -0.140. The van der Waals surface area contributed by atoms with Crippen molar-refractivity contribution in [3.05, 3.63) is 0 Å². The molecule has 0 aliphatic heterocycles. The summed E-state index contributed by atoms with van der Waals surface area (Å²) in [6.07, 6.45) is 3.56. The van der Waals surface area contributed by atoms with Crippen LogP contribution >= 0.6 is 11.8 Å². The minimum atomic E-state index is -0.978. The summed E-state index contributed by atoms with van der Waals surface area (Å²) in [5.41, 5.74) is 0. The lowest BCUT2D eigenvalue weighted by Gasteiger charge is -2.29. The highest BCUT2D eigenvalue weighted by molar-refractivity contribution is 7.98. The molecule has 19 heavy (non-hydrogen) atoms. The molecule has 3 unspecified atom stereocenters. The molecule has 6 heteroatoms. The van der Waals surface area contributed by atoms with Crippen LogP contribution in [0.1, 0.15) is 33.6 Å². The molecule has 0 radical (unpaired) electrons. The minimum absolute atomic E-state index is 0.0875. The Morgan fingerprint density at radius 2 is 1.89 bits per heavy atom. The van der Waals surface area contributed by atoms with Crippen molar-refractivity contribution >= 4 is 23.8 Å². The summed E-state index contributed by atoms with van der Waals surface area (Å²) in [4.78, 5) is 24.9. The van der Waals surface area contributed by atoms with Gasteiger partial charge in [-0.1, -0.05) is 27.2 Å². The van der Waals surface area contributed by atoms with Gasteiger partial charge >= 0.3 is 12.0 Å². The van der Waals surface area contributed by atoms with Gasteiger partial charge < -0.3 is 15.3 Å². The van der Waals surface area contributed by atoms with Crippen LogP contribution in [0.5, 0.6) is 0 Å². The molecule has 0 aromatic rings. The number of aliphatic carboxylic acids is 1. The molecule has 0 rings (SSSR count). The summed E-state index contributed by atoms with van der Waals surface area (Å²) in [5.74, 6) is -0.217. The highest BCUT2D eigenvalue weighted by Gasteiger charge is 2.28. The highest BCUT2D eigenvalue weighted by atomic mass is 32.2. The first-order valence-corrected chi connectivity index (χ1v) is 8.03. The number of rotatable bonds is 8. The van der Waals surface area contributed by atoms with Gasteiger partial charge in [-0.25, -0.2) is 9.59 Å². The van der Waals surface area contributed by atoms with Gasteiger partial charge in [-0.2, -0.15) is 11.8 Å². The molecule has 0 spiro atoms. The summed E-state index contributed by atoms with van der Waals surface area (Å²) in [6, 6.07) is -1.01. The van der Waals surface area contributed by atoms with Crippen molar-refractivity contribution in [3.8, 4) is 0 Å². The molecule has 0 aromatic heterocycles. The van der Waals surface area contributed by atoms with Gasteiger partial charge in [-0.05, 0) is 18.6 Å². The van der Waals surface area contributed by atoms with Gasteiger partial charge in [0, 0.05) is 18.8 Å². The Bertz CT molecular complexity index is 300. The minimum Gasteiger partial charge on any atom is -0.480 e. The molecule has 3 atom stereocenters. The average molecular weight is 290 g/mol. The molecule has 0 saturated carbocycles. The van der Waals surface area contributed by atoms with E-state index < -0.39 is 12.0 Å². The molecule has 0 aromatic carbocycles. The van der Waals surface area contributed by atoms with E-state index in [4.69, 9.17) is 5.11 Å². The van der Waals surface area contributed by atoms with E-state index in [0.29, 0.717) is 6.42 Å². The Hall–Kier alpha value is -0.910. The summed E-state index contributed by atoms with van der Waals surface area (Å²) in [5, 5.41) is 11.8. The monoisotopic (exact) mass is 290 g/mol.